The number of rotatable bonds is 5. The summed E-state index contributed by atoms with van der Waals surface area (Å²) in [5.41, 5.74) is 0.117. The van der Waals surface area contributed by atoms with Gasteiger partial charge < -0.3 is 15.2 Å². The molecule has 0 saturated heterocycles. The van der Waals surface area contributed by atoms with E-state index in [1.165, 1.54) is 13.2 Å². The van der Waals surface area contributed by atoms with E-state index in [0.29, 0.717) is 11.3 Å². The Hall–Kier alpha value is -1.23. The van der Waals surface area contributed by atoms with Crippen molar-refractivity contribution in [2.45, 2.75) is 25.8 Å². The number of ether oxygens (including phenoxy) is 1. The van der Waals surface area contributed by atoms with E-state index in [0.717, 1.165) is 11.8 Å². The van der Waals surface area contributed by atoms with Crippen LogP contribution in [0.3, 0.4) is 0 Å². The highest BCUT2D eigenvalue weighted by atomic mass is 79.9. The van der Waals surface area contributed by atoms with Crippen LogP contribution in [0.5, 0.6) is 11.5 Å². The molecule has 0 bridgehead atoms. The molecule has 0 saturated carbocycles. The van der Waals surface area contributed by atoms with Gasteiger partial charge in [-0.1, -0.05) is 15.9 Å². The quantitative estimate of drug-likeness (QED) is 0.821. The van der Waals surface area contributed by atoms with Crippen molar-refractivity contribution in [2.24, 2.45) is 0 Å². The summed E-state index contributed by atoms with van der Waals surface area (Å²) in [6.07, 6.45) is 0.820. The molecule has 4 nitrogen and oxygen atoms in total. The Morgan fingerprint density at radius 3 is 2.67 bits per heavy atom. The van der Waals surface area contributed by atoms with Gasteiger partial charge in [-0.15, -0.1) is 0 Å². The molecule has 18 heavy (non-hydrogen) atoms. The minimum atomic E-state index is -0.296. The van der Waals surface area contributed by atoms with Gasteiger partial charge in [0.05, 0.1) is 7.11 Å². The van der Waals surface area contributed by atoms with E-state index in [-0.39, 0.29) is 17.2 Å². The molecule has 0 heterocycles. The van der Waals surface area contributed by atoms with E-state index in [9.17, 15) is 9.90 Å². The third kappa shape index (κ3) is 3.91. The van der Waals surface area contributed by atoms with E-state index >= 15 is 0 Å². The lowest BCUT2D eigenvalue weighted by molar-refractivity contribution is 0.0911. The highest BCUT2D eigenvalue weighted by Crippen LogP contribution is 2.26. The van der Waals surface area contributed by atoms with E-state index < -0.39 is 0 Å². The normalized spacial score (nSPS) is 11.1. The number of amides is 1. The van der Waals surface area contributed by atoms with Crippen LogP contribution in [0.4, 0.5) is 0 Å². The minimum absolute atomic E-state index is 0.0385. The van der Waals surface area contributed by atoms with Gasteiger partial charge in [0, 0.05) is 16.4 Å². The van der Waals surface area contributed by atoms with Crippen LogP contribution in [0.25, 0.3) is 0 Å². The van der Waals surface area contributed by atoms with E-state index in [1.54, 1.807) is 12.1 Å². The lowest BCUT2D eigenvalue weighted by Crippen LogP contribution is -2.43. The van der Waals surface area contributed by atoms with Crippen molar-refractivity contribution in [1.82, 2.24) is 5.32 Å². The fourth-order valence-electron chi connectivity index (χ4n) is 1.51. The molecule has 0 radical (unpaired) electrons. The molecular weight excluding hydrogens is 298 g/mol. The summed E-state index contributed by atoms with van der Waals surface area (Å²) in [6, 6.07) is 4.60. The van der Waals surface area contributed by atoms with Crippen molar-refractivity contribution >= 4 is 21.8 Å². The molecule has 100 valence electrons. The van der Waals surface area contributed by atoms with Crippen molar-refractivity contribution in [3.05, 3.63) is 23.8 Å². The average Bonchev–Trinajstić information content (AvgIpc) is 2.28. The van der Waals surface area contributed by atoms with Crippen LogP contribution in [-0.4, -0.2) is 29.0 Å². The smallest absolute Gasteiger partial charge is 0.251 e. The molecule has 1 aromatic carbocycles. The van der Waals surface area contributed by atoms with Crippen LogP contribution in [0.1, 0.15) is 30.6 Å². The number of benzene rings is 1. The summed E-state index contributed by atoms with van der Waals surface area (Å²) in [7, 11) is 1.47. The van der Waals surface area contributed by atoms with Crippen LogP contribution in [0, 0.1) is 0 Å². The Bertz CT molecular complexity index is 432. The lowest BCUT2D eigenvalue weighted by Gasteiger charge is -2.25. The zero-order chi connectivity index (χ0) is 13.8. The van der Waals surface area contributed by atoms with Crippen molar-refractivity contribution in [3.63, 3.8) is 0 Å². The molecule has 0 aliphatic carbocycles. The summed E-state index contributed by atoms with van der Waals surface area (Å²) in [6.45, 7) is 3.91. The standard InChI is InChI=1S/C13H18BrNO3/c1-13(2,6-7-14)15-12(17)9-4-5-11(18-3)10(16)8-9/h4-5,8,16H,6-7H2,1-3H3,(H,15,17). The summed E-state index contributed by atoms with van der Waals surface area (Å²) in [5, 5.41) is 13.4. The summed E-state index contributed by atoms with van der Waals surface area (Å²) >= 11 is 3.35. The zero-order valence-electron chi connectivity index (χ0n) is 10.8. The zero-order valence-corrected chi connectivity index (χ0v) is 12.4. The molecule has 0 unspecified atom stereocenters. The SMILES string of the molecule is COc1ccc(C(=O)NC(C)(C)CCBr)cc1O. The highest BCUT2D eigenvalue weighted by Gasteiger charge is 2.20. The number of hydrogen-bond acceptors (Lipinski definition) is 3. The fourth-order valence-corrected chi connectivity index (χ4v) is 2.50. The number of methoxy groups -OCH3 is 1. The molecule has 0 spiro atoms. The van der Waals surface area contributed by atoms with Gasteiger partial charge in [-0.05, 0) is 38.5 Å². The molecule has 0 aliphatic heterocycles. The third-order valence-electron chi connectivity index (χ3n) is 2.61. The van der Waals surface area contributed by atoms with Crippen LogP contribution in [0.15, 0.2) is 18.2 Å². The van der Waals surface area contributed by atoms with Gasteiger partial charge in [-0.25, -0.2) is 0 Å². The first-order valence-corrected chi connectivity index (χ1v) is 6.77. The molecule has 1 aromatic rings. The number of aromatic hydroxyl groups is 1. The summed E-state index contributed by atoms with van der Waals surface area (Å²) < 4.78 is 4.93. The number of hydrogen-bond donors (Lipinski definition) is 2. The van der Waals surface area contributed by atoms with Gasteiger partial charge in [0.1, 0.15) is 0 Å². The largest absolute Gasteiger partial charge is 0.504 e. The van der Waals surface area contributed by atoms with Crippen LogP contribution in [0.2, 0.25) is 0 Å². The molecule has 0 aliphatic rings. The van der Waals surface area contributed by atoms with E-state index in [1.807, 2.05) is 13.8 Å². The van der Waals surface area contributed by atoms with Gasteiger partial charge in [0.25, 0.3) is 5.91 Å². The molecule has 1 amide bonds. The van der Waals surface area contributed by atoms with Crippen molar-refractivity contribution < 1.29 is 14.6 Å². The number of halogens is 1. The number of phenolic OH excluding ortho intramolecular Hbond substituents is 1. The van der Waals surface area contributed by atoms with Crippen molar-refractivity contribution in [1.29, 1.82) is 0 Å². The molecule has 5 heteroatoms. The Balaban J connectivity index is 2.82. The number of nitrogens with one attached hydrogen (secondary N) is 1. The third-order valence-corrected chi connectivity index (χ3v) is 3.01. The summed E-state index contributed by atoms with van der Waals surface area (Å²) in [5.74, 6) is 0.105. The maximum atomic E-state index is 12.0. The Morgan fingerprint density at radius 1 is 1.50 bits per heavy atom. The monoisotopic (exact) mass is 315 g/mol. The number of alkyl halides is 1. The van der Waals surface area contributed by atoms with E-state index in [2.05, 4.69) is 21.2 Å². The predicted octanol–water partition coefficient (Wildman–Crippen LogP) is 2.69. The molecule has 0 aromatic heterocycles. The molecule has 0 atom stereocenters. The minimum Gasteiger partial charge on any atom is -0.504 e. The number of phenols is 1. The van der Waals surface area contributed by atoms with Crippen LogP contribution in [-0.2, 0) is 0 Å². The predicted molar refractivity (Wildman–Crippen MR) is 74.6 cm³/mol. The molecule has 0 fully saturated rings. The summed E-state index contributed by atoms with van der Waals surface area (Å²) in [4.78, 5) is 12.0. The van der Waals surface area contributed by atoms with Crippen molar-refractivity contribution in [3.8, 4) is 11.5 Å². The van der Waals surface area contributed by atoms with Gasteiger partial charge in [-0.2, -0.15) is 0 Å². The number of carbonyl (C=O) groups excluding carboxylic acids is 1. The first-order chi connectivity index (χ1) is 8.39. The van der Waals surface area contributed by atoms with E-state index in [4.69, 9.17) is 4.74 Å². The Kier molecular flexibility index (Phi) is 5.02. The lowest BCUT2D eigenvalue weighted by atomic mass is 10.0. The topological polar surface area (TPSA) is 58.6 Å². The second-order valence-corrected chi connectivity index (χ2v) is 5.46. The highest BCUT2D eigenvalue weighted by molar-refractivity contribution is 9.09. The van der Waals surface area contributed by atoms with Crippen LogP contribution >= 0.6 is 15.9 Å². The molecular formula is C13H18BrNO3. The van der Waals surface area contributed by atoms with Gasteiger partial charge in [0.15, 0.2) is 11.5 Å². The maximum absolute atomic E-state index is 12.0. The fraction of sp³-hybridized carbons (Fsp3) is 0.462. The second kappa shape index (κ2) is 6.09. The Labute approximate surface area is 115 Å². The van der Waals surface area contributed by atoms with Gasteiger partial charge in [-0.3, -0.25) is 4.79 Å². The Morgan fingerprint density at radius 2 is 2.17 bits per heavy atom. The van der Waals surface area contributed by atoms with Gasteiger partial charge >= 0.3 is 0 Å². The average molecular weight is 316 g/mol. The molecule has 1 rings (SSSR count). The maximum Gasteiger partial charge on any atom is 0.251 e. The molecule has 2 N–H and O–H groups in total. The first-order valence-electron chi connectivity index (χ1n) is 5.65. The van der Waals surface area contributed by atoms with Crippen LogP contribution < -0.4 is 10.1 Å². The number of carbonyl (C=O) groups is 1. The van der Waals surface area contributed by atoms with Crippen molar-refractivity contribution in [2.75, 3.05) is 12.4 Å². The first kappa shape index (κ1) is 14.8. The second-order valence-electron chi connectivity index (χ2n) is 4.66. The van der Waals surface area contributed by atoms with Gasteiger partial charge in [0.2, 0.25) is 0 Å².